The van der Waals surface area contributed by atoms with Crippen molar-refractivity contribution in [3.63, 3.8) is 0 Å². The standard InChI is InChI=1S/C14H17NO3S/c1-2-10(8-13(16)17)15-14(18)12-7-9-5-3-4-6-11(9)19-12/h3-6,10,12H,2,7-8H2,1H3,(H,15,18)(H,16,17)/t10-,12?/m1/s1. The molecule has 1 amide bonds. The van der Waals surface area contributed by atoms with E-state index >= 15 is 0 Å². The molecule has 1 heterocycles. The normalized spacial score (nSPS) is 18.7. The van der Waals surface area contributed by atoms with Crippen molar-refractivity contribution < 1.29 is 14.7 Å². The third-order valence-electron chi connectivity index (χ3n) is 3.20. The number of nitrogens with one attached hydrogen (secondary N) is 1. The van der Waals surface area contributed by atoms with Crippen molar-refractivity contribution in [1.29, 1.82) is 0 Å². The van der Waals surface area contributed by atoms with E-state index in [1.54, 1.807) is 11.8 Å². The summed E-state index contributed by atoms with van der Waals surface area (Å²) in [5, 5.41) is 11.5. The van der Waals surface area contributed by atoms with Crippen molar-refractivity contribution in [2.75, 3.05) is 0 Å². The van der Waals surface area contributed by atoms with Gasteiger partial charge >= 0.3 is 5.97 Å². The number of aliphatic carboxylic acids is 1. The first-order valence-electron chi connectivity index (χ1n) is 6.37. The molecule has 0 aromatic heterocycles. The largest absolute Gasteiger partial charge is 0.481 e. The first-order chi connectivity index (χ1) is 9.10. The highest BCUT2D eigenvalue weighted by Crippen LogP contribution is 2.36. The van der Waals surface area contributed by atoms with Crippen LogP contribution in [0.25, 0.3) is 0 Å². The van der Waals surface area contributed by atoms with E-state index in [9.17, 15) is 9.59 Å². The number of benzene rings is 1. The molecule has 4 nitrogen and oxygen atoms in total. The molecule has 1 aromatic rings. The van der Waals surface area contributed by atoms with E-state index in [4.69, 9.17) is 5.11 Å². The van der Waals surface area contributed by atoms with Crippen LogP contribution in [0.15, 0.2) is 29.2 Å². The van der Waals surface area contributed by atoms with E-state index in [0.29, 0.717) is 6.42 Å². The van der Waals surface area contributed by atoms with Crippen LogP contribution in [-0.2, 0) is 16.0 Å². The molecule has 0 bridgehead atoms. The predicted octanol–water partition coefficient (Wildman–Crippen LogP) is 2.07. The molecule has 2 rings (SSSR count). The van der Waals surface area contributed by atoms with Gasteiger partial charge in [0.25, 0.3) is 0 Å². The van der Waals surface area contributed by atoms with Crippen LogP contribution in [0.5, 0.6) is 0 Å². The van der Waals surface area contributed by atoms with Crippen LogP contribution in [0.4, 0.5) is 0 Å². The highest BCUT2D eigenvalue weighted by molar-refractivity contribution is 8.01. The van der Waals surface area contributed by atoms with Gasteiger partial charge in [-0.05, 0) is 24.5 Å². The van der Waals surface area contributed by atoms with Gasteiger partial charge in [-0.3, -0.25) is 9.59 Å². The molecular weight excluding hydrogens is 262 g/mol. The number of carbonyl (C=O) groups excluding carboxylic acids is 1. The van der Waals surface area contributed by atoms with Crippen molar-refractivity contribution in [1.82, 2.24) is 5.32 Å². The fourth-order valence-corrected chi connectivity index (χ4v) is 3.34. The van der Waals surface area contributed by atoms with Crippen LogP contribution in [0.3, 0.4) is 0 Å². The molecule has 1 aromatic carbocycles. The molecule has 1 aliphatic heterocycles. The van der Waals surface area contributed by atoms with Crippen molar-refractivity contribution in [2.24, 2.45) is 0 Å². The summed E-state index contributed by atoms with van der Waals surface area (Å²) in [7, 11) is 0. The summed E-state index contributed by atoms with van der Waals surface area (Å²) in [6.07, 6.45) is 1.32. The number of amides is 1. The monoisotopic (exact) mass is 279 g/mol. The molecule has 1 aliphatic rings. The number of hydrogen-bond acceptors (Lipinski definition) is 3. The maximum atomic E-state index is 12.1. The average Bonchev–Trinajstić information content (AvgIpc) is 2.81. The zero-order chi connectivity index (χ0) is 13.8. The van der Waals surface area contributed by atoms with Crippen LogP contribution < -0.4 is 5.32 Å². The van der Waals surface area contributed by atoms with Gasteiger partial charge in [-0.1, -0.05) is 25.1 Å². The number of carboxylic acids is 1. The van der Waals surface area contributed by atoms with Gasteiger partial charge in [0.15, 0.2) is 0 Å². The Labute approximate surface area is 116 Å². The van der Waals surface area contributed by atoms with Crippen LogP contribution in [0, 0.1) is 0 Å². The Bertz CT molecular complexity index is 464. The summed E-state index contributed by atoms with van der Waals surface area (Å²) in [5.41, 5.74) is 1.19. The van der Waals surface area contributed by atoms with Gasteiger partial charge in [0.1, 0.15) is 0 Å². The molecule has 5 heteroatoms. The molecular formula is C14H17NO3S. The van der Waals surface area contributed by atoms with Crippen molar-refractivity contribution in [3.8, 4) is 0 Å². The van der Waals surface area contributed by atoms with Crippen molar-refractivity contribution in [2.45, 2.75) is 42.4 Å². The minimum absolute atomic E-state index is 0.0213. The molecule has 1 unspecified atom stereocenters. The molecule has 102 valence electrons. The Morgan fingerprint density at radius 3 is 2.84 bits per heavy atom. The lowest BCUT2D eigenvalue weighted by atomic mass is 10.1. The van der Waals surface area contributed by atoms with Crippen LogP contribution in [0.1, 0.15) is 25.3 Å². The first-order valence-corrected chi connectivity index (χ1v) is 7.24. The lowest BCUT2D eigenvalue weighted by molar-refractivity contribution is -0.137. The Kier molecular flexibility index (Phi) is 4.47. The average molecular weight is 279 g/mol. The maximum absolute atomic E-state index is 12.1. The number of carboxylic acid groups (broad SMARTS) is 1. The van der Waals surface area contributed by atoms with E-state index in [1.807, 2.05) is 31.2 Å². The van der Waals surface area contributed by atoms with Crippen molar-refractivity contribution >= 4 is 23.6 Å². The topological polar surface area (TPSA) is 66.4 Å². The van der Waals surface area contributed by atoms with Crippen LogP contribution >= 0.6 is 11.8 Å². The minimum atomic E-state index is -0.880. The number of carbonyl (C=O) groups is 2. The van der Waals surface area contributed by atoms with Crippen LogP contribution in [0.2, 0.25) is 0 Å². The lowest BCUT2D eigenvalue weighted by Crippen LogP contribution is -2.41. The number of hydrogen-bond donors (Lipinski definition) is 2. The zero-order valence-electron chi connectivity index (χ0n) is 10.8. The van der Waals surface area contributed by atoms with E-state index in [1.165, 1.54) is 5.56 Å². The number of rotatable bonds is 5. The predicted molar refractivity (Wildman–Crippen MR) is 74.3 cm³/mol. The molecule has 0 fully saturated rings. The molecule has 0 saturated carbocycles. The summed E-state index contributed by atoms with van der Waals surface area (Å²) in [4.78, 5) is 24.0. The molecule has 2 atom stereocenters. The second-order valence-corrected chi connectivity index (χ2v) is 5.87. The highest BCUT2D eigenvalue weighted by atomic mass is 32.2. The van der Waals surface area contributed by atoms with Gasteiger partial charge in [0.05, 0.1) is 11.7 Å². The highest BCUT2D eigenvalue weighted by Gasteiger charge is 2.29. The lowest BCUT2D eigenvalue weighted by Gasteiger charge is -2.17. The molecule has 0 saturated heterocycles. The Morgan fingerprint density at radius 2 is 2.21 bits per heavy atom. The van der Waals surface area contributed by atoms with Gasteiger partial charge in [0.2, 0.25) is 5.91 Å². The summed E-state index contributed by atoms with van der Waals surface area (Å²) in [5.74, 6) is -0.941. The third-order valence-corrected chi connectivity index (χ3v) is 4.52. The van der Waals surface area contributed by atoms with Gasteiger partial charge in [-0.25, -0.2) is 0 Å². The molecule has 19 heavy (non-hydrogen) atoms. The maximum Gasteiger partial charge on any atom is 0.305 e. The van der Waals surface area contributed by atoms with Gasteiger partial charge in [-0.2, -0.15) is 0 Å². The first kappa shape index (κ1) is 13.9. The Hall–Kier alpha value is -1.49. The second-order valence-electron chi connectivity index (χ2n) is 4.63. The van der Waals surface area contributed by atoms with E-state index in [-0.39, 0.29) is 23.6 Å². The Morgan fingerprint density at radius 1 is 1.47 bits per heavy atom. The Balaban J connectivity index is 1.93. The molecule has 2 N–H and O–H groups in total. The minimum Gasteiger partial charge on any atom is -0.481 e. The summed E-state index contributed by atoms with van der Waals surface area (Å²) in [6.45, 7) is 1.88. The summed E-state index contributed by atoms with van der Waals surface area (Å²) >= 11 is 1.56. The zero-order valence-corrected chi connectivity index (χ0v) is 11.6. The quantitative estimate of drug-likeness (QED) is 0.866. The summed E-state index contributed by atoms with van der Waals surface area (Å²) < 4.78 is 0. The van der Waals surface area contributed by atoms with Gasteiger partial charge in [0, 0.05) is 10.9 Å². The third kappa shape index (κ3) is 3.50. The van der Waals surface area contributed by atoms with Crippen molar-refractivity contribution in [3.05, 3.63) is 29.8 Å². The molecule has 0 radical (unpaired) electrons. The van der Waals surface area contributed by atoms with Crippen LogP contribution in [-0.4, -0.2) is 28.3 Å². The second kappa shape index (κ2) is 6.10. The van der Waals surface area contributed by atoms with E-state index < -0.39 is 5.97 Å². The SMILES string of the molecule is CC[C@H](CC(=O)O)NC(=O)C1Cc2ccccc2S1. The fourth-order valence-electron chi connectivity index (χ4n) is 2.13. The number of thioether (sulfide) groups is 1. The van der Waals surface area contributed by atoms with E-state index in [2.05, 4.69) is 5.32 Å². The smallest absolute Gasteiger partial charge is 0.305 e. The molecule has 0 spiro atoms. The van der Waals surface area contributed by atoms with Gasteiger partial charge in [-0.15, -0.1) is 11.8 Å². The number of fused-ring (bicyclic) bond motifs is 1. The van der Waals surface area contributed by atoms with Gasteiger partial charge < -0.3 is 10.4 Å². The molecule has 0 aliphatic carbocycles. The fraction of sp³-hybridized carbons (Fsp3) is 0.429. The summed E-state index contributed by atoms with van der Waals surface area (Å²) in [6, 6.07) is 7.70. The van der Waals surface area contributed by atoms with E-state index in [0.717, 1.165) is 11.3 Å².